The predicted octanol–water partition coefficient (Wildman–Crippen LogP) is 2.19. The van der Waals surface area contributed by atoms with Gasteiger partial charge in [-0.15, -0.1) is 28.0 Å². The van der Waals surface area contributed by atoms with E-state index >= 15 is 0 Å². The van der Waals surface area contributed by atoms with Crippen molar-refractivity contribution in [2.24, 2.45) is 0 Å². The lowest BCUT2D eigenvalue weighted by atomic mass is 10.6. The van der Waals surface area contributed by atoms with E-state index in [1.807, 2.05) is 12.3 Å². The van der Waals surface area contributed by atoms with E-state index in [0.29, 0.717) is 18.5 Å². The van der Waals surface area contributed by atoms with E-state index in [1.165, 1.54) is 0 Å². The first kappa shape index (κ1) is 10.4. The highest BCUT2D eigenvalue weighted by Gasteiger charge is 2.05. The molecule has 15 heavy (non-hydrogen) atoms. The number of aromatic nitrogens is 3. The normalized spacial score (nSPS) is 10.5. The third-order valence-electron chi connectivity index (χ3n) is 1.64. The van der Waals surface area contributed by atoms with Crippen molar-refractivity contribution in [3.8, 4) is 0 Å². The molecular formula is C8H9ClN4OS. The highest BCUT2D eigenvalue weighted by molar-refractivity contribution is 7.09. The van der Waals surface area contributed by atoms with E-state index in [1.54, 1.807) is 11.3 Å². The number of alkyl halides is 1. The summed E-state index contributed by atoms with van der Waals surface area (Å²) >= 11 is 7.12. The molecule has 0 bridgehead atoms. The Morgan fingerprint density at radius 2 is 2.40 bits per heavy atom. The number of aryl methyl sites for hydroxylation is 1. The van der Waals surface area contributed by atoms with Crippen molar-refractivity contribution in [2.75, 3.05) is 5.32 Å². The van der Waals surface area contributed by atoms with Crippen molar-refractivity contribution in [3.63, 3.8) is 0 Å². The van der Waals surface area contributed by atoms with Gasteiger partial charge in [0, 0.05) is 11.1 Å². The maximum Gasteiger partial charge on any atom is 0.315 e. The highest BCUT2D eigenvalue weighted by Crippen LogP contribution is 2.12. The maximum atomic E-state index is 5.53. The first-order valence-electron chi connectivity index (χ1n) is 4.31. The molecule has 0 aliphatic rings. The molecule has 2 rings (SSSR count). The van der Waals surface area contributed by atoms with Crippen LogP contribution in [0.3, 0.4) is 0 Å². The number of nitrogens with zero attached hydrogens (tertiary/aromatic N) is 3. The smallest absolute Gasteiger partial charge is 0.315 e. The van der Waals surface area contributed by atoms with Gasteiger partial charge in [-0.25, -0.2) is 4.98 Å². The Morgan fingerprint density at radius 1 is 1.53 bits per heavy atom. The summed E-state index contributed by atoms with van der Waals surface area (Å²) in [5.41, 5.74) is 1.02. The Bertz CT molecular complexity index is 441. The zero-order valence-corrected chi connectivity index (χ0v) is 9.60. The molecule has 2 heterocycles. The Kier molecular flexibility index (Phi) is 3.17. The van der Waals surface area contributed by atoms with Crippen molar-refractivity contribution in [3.05, 3.63) is 22.0 Å². The van der Waals surface area contributed by atoms with Crippen LogP contribution in [-0.2, 0) is 12.4 Å². The summed E-state index contributed by atoms with van der Waals surface area (Å²) in [7, 11) is 0. The average Bonchev–Trinajstić information content (AvgIpc) is 2.83. The van der Waals surface area contributed by atoms with Gasteiger partial charge in [0.05, 0.1) is 6.54 Å². The molecule has 2 aromatic rings. The number of halogens is 1. The summed E-state index contributed by atoms with van der Waals surface area (Å²) < 4.78 is 5.17. The molecule has 0 atom stereocenters. The second-order valence-electron chi connectivity index (χ2n) is 2.87. The Morgan fingerprint density at radius 3 is 3.00 bits per heavy atom. The molecule has 0 aliphatic carbocycles. The summed E-state index contributed by atoms with van der Waals surface area (Å²) in [6, 6.07) is 0.374. The third kappa shape index (κ3) is 2.66. The Hall–Kier alpha value is -1.14. The van der Waals surface area contributed by atoms with Crippen LogP contribution in [0.2, 0.25) is 0 Å². The molecule has 0 aromatic carbocycles. The van der Waals surface area contributed by atoms with Gasteiger partial charge in [-0.3, -0.25) is 0 Å². The molecule has 0 saturated carbocycles. The SMILES string of the molecule is Cc1csc(CNc2nnc(CCl)o2)n1. The van der Waals surface area contributed by atoms with Gasteiger partial charge in [-0.2, -0.15) is 0 Å². The quantitative estimate of drug-likeness (QED) is 0.836. The van der Waals surface area contributed by atoms with E-state index in [0.717, 1.165) is 10.7 Å². The topological polar surface area (TPSA) is 63.8 Å². The van der Waals surface area contributed by atoms with Gasteiger partial charge in [-0.05, 0) is 6.92 Å². The molecule has 2 aromatic heterocycles. The molecule has 0 radical (unpaired) electrons. The van der Waals surface area contributed by atoms with Crippen LogP contribution in [0.4, 0.5) is 6.01 Å². The van der Waals surface area contributed by atoms with Crippen molar-refractivity contribution >= 4 is 29.0 Å². The van der Waals surface area contributed by atoms with E-state index in [2.05, 4.69) is 20.5 Å². The van der Waals surface area contributed by atoms with E-state index in [9.17, 15) is 0 Å². The van der Waals surface area contributed by atoms with Crippen LogP contribution in [0.5, 0.6) is 0 Å². The number of thiazole rings is 1. The van der Waals surface area contributed by atoms with Crippen LogP contribution < -0.4 is 5.32 Å². The zero-order chi connectivity index (χ0) is 10.7. The third-order valence-corrected chi connectivity index (χ3v) is 2.83. The summed E-state index contributed by atoms with van der Waals surface area (Å²) in [5, 5.41) is 13.5. The van der Waals surface area contributed by atoms with E-state index in [-0.39, 0.29) is 5.88 Å². The molecule has 5 nitrogen and oxygen atoms in total. The lowest BCUT2D eigenvalue weighted by Crippen LogP contribution is -1.98. The second kappa shape index (κ2) is 4.59. The van der Waals surface area contributed by atoms with Gasteiger partial charge in [0.15, 0.2) is 0 Å². The minimum atomic E-state index is 0.227. The molecule has 1 N–H and O–H groups in total. The fourth-order valence-corrected chi connectivity index (χ4v) is 1.83. The van der Waals surface area contributed by atoms with Crippen LogP contribution >= 0.6 is 22.9 Å². The largest absolute Gasteiger partial charge is 0.407 e. The maximum absolute atomic E-state index is 5.53. The molecule has 7 heteroatoms. The van der Waals surface area contributed by atoms with Crippen molar-refractivity contribution in [1.82, 2.24) is 15.2 Å². The van der Waals surface area contributed by atoms with Crippen LogP contribution in [0, 0.1) is 6.92 Å². The standard InChI is InChI=1S/C8H9ClN4OS/c1-5-4-15-7(11-5)3-10-8-13-12-6(2-9)14-8/h4H,2-3H2,1H3,(H,10,13). The van der Waals surface area contributed by atoms with Gasteiger partial charge in [-0.1, -0.05) is 5.10 Å². The van der Waals surface area contributed by atoms with Gasteiger partial charge in [0.1, 0.15) is 10.9 Å². The van der Waals surface area contributed by atoms with Crippen molar-refractivity contribution in [1.29, 1.82) is 0 Å². The summed E-state index contributed by atoms with van der Waals surface area (Å²) in [5.74, 6) is 0.639. The van der Waals surface area contributed by atoms with Crippen LogP contribution in [0.15, 0.2) is 9.80 Å². The second-order valence-corrected chi connectivity index (χ2v) is 4.08. The first-order chi connectivity index (χ1) is 7.28. The van der Waals surface area contributed by atoms with E-state index in [4.69, 9.17) is 16.0 Å². The minimum absolute atomic E-state index is 0.227. The molecular weight excluding hydrogens is 236 g/mol. The molecule has 0 fully saturated rings. The zero-order valence-electron chi connectivity index (χ0n) is 8.03. The Labute approximate surface area is 95.5 Å². The molecule has 0 unspecified atom stereocenters. The number of hydrogen-bond acceptors (Lipinski definition) is 6. The number of anilines is 1. The summed E-state index contributed by atoms with van der Waals surface area (Å²) in [6.07, 6.45) is 0. The lowest BCUT2D eigenvalue weighted by Gasteiger charge is -1.95. The van der Waals surface area contributed by atoms with Crippen molar-refractivity contribution in [2.45, 2.75) is 19.3 Å². The first-order valence-corrected chi connectivity index (χ1v) is 5.72. The summed E-state index contributed by atoms with van der Waals surface area (Å²) in [4.78, 5) is 4.29. The van der Waals surface area contributed by atoms with Gasteiger partial charge < -0.3 is 9.73 Å². The number of rotatable bonds is 4. The van der Waals surface area contributed by atoms with Gasteiger partial charge in [0.2, 0.25) is 5.89 Å². The van der Waals surface area contributed by atoms with Gasteiger partial charge >= 0.3 is 6.01 Å². The lowest BCUT2D eigenvalue weighted by molar-refractivity contribution is 0.525. The minimum Gasteiger partial charge on any atom is -0.407 e. The van der Waals surface area contributed by atoms with Gasteiger partial charge in [0.25, 0.3) is 0 Å². The van der Waals surface area contributed by atoms with Crippen LogP contribution in [0.1, 0.15) is 16.6 Å². The molecule has 80 valence electrons. The fraction of sp³-hybridized carbons (Fsp3) is 0.375. The predicted molar refractivity (Wildman–Crippen MR) is 58.0 cm³/mol. The Balaban J connectivity index is 1.93. The molecule has 0 amide bonds. The number of nitrogens with one attached hydrogen (secondary N) is 1. The van der Waals surface area contributed by atoms with Crippen LogP contribution in [-0.4, -0.2) is 15.2 Å². The molecule has 0 spiro atoms. The average molecular weight is 245 g/mol. The fourth-order valence-electron chi connectivity index (χ4n) is 1.01. The molecule has 0 aliphatic heterocycles. The number of hydrogen-bond donors (Lipinski definition) is 1. The van der Waals surface area contributed by atoms with E-state index < -0.39 is 0 Å². The van der Waals surface area contributed by atoms with Crippen molar-refractivity contribution < 1.29 is 4.42 Å². The highest BCUT2D eigenvalue weighted by atomic mass is 35.5. The monoisotopic (exact) mass is 244 g/mol. The molecule has 0 saturated heterocycles. The summed E-state index contributed by atoms with van der Waals surface area (Å²) in [6.45, 7) is 2.54. The van der Waals surface area contributed by atoms with Crippen LogP contribution in [0.25, 0.3) is 0 Å².